The van der Waals surface area contributed by atoms with Crippen LogP contribution in [0.25, 0.3) is 0 Å². The van der Waals surface area contributed by atoms with E-state index in [9.17, 15) is 19.2 Å². The van der Waals surface area contributed by atoms with E-state index in [2.05, 4.69) is 0 Å². The largest absolute Gasteiger partial charge is 0.282 e. The van der Waals surface area contributed by atoms with Crippen LogP contribution in [0.4, 0.5) is 0 Å². The van der Waals surface area contributed by atoms with Gasteiger partial charge in [-0.1, -0.05) is 6.92 Å². The van der Waals surface area contributed by atoms with Gasteiger partial charge in [-0.05, 0) is 19.3 Å². The molecule has 0 bridgehead atoms. The normalized spacial score (nSPS) is 19.7. The number of rotatable bonds is 3. The van der Waals surface area contributed by atoms with Gasteiger partial charge in [0.05, 0.1) is 0 Å². The molecular weight excluding hydrogens is 248 g/mol. The maximum absolute atomic E-state index is 12.2. The molecule has 6 nitrogen and oxygen atoms in total. The van der Waals surface area contributed by atoms with E-state index in [0.717, 1.165) is 9.80 Å². The number of carbonyl (C=O) groups is 4. The maximum atomic E-state index is 12.2. The smallest absolute Gasteiger partial charge is 0.241 e. The molecule has 2 saturated heterocycles. The molecule has 0 spiro atoms. The molecule has 0 aliphatic carbocycles. The highest BCUT2D eigenvalue weighted by molar-refractivity contribution is 6.10. The Labute approximate surface area is 111 Å². The first-order valence-corrected chi connectivity index (χ1v) is 6.74. The van der Waals surface area contributed by atoms with Crippen molar-refractivity contribution < 1.29 is 19.2 Å². The van der Waals surface area contributed by atoms with Crippen LogP contribution in [-0.4, -0.2) is 46.5 Å². The molecule has 0 radical (unpaired) electrons. The van der Waals surface area contributed by atoms with Gasteiger partial charge < -0.3 is 0 Å². The lowest BCUT2D eigenvalue weighted by Gasteiger charge is -2.23. The molecular formula is C13H18N2O4. The lowest BCUT2D eigenvalue weighted by atomic mass is 10.0. The lowest BCUT2D eigenvalue weighted by molar-refractivity contribution is -0.152. The Morgan fingerprint density at radius 3 is 1.68 bits per heavy atom. The zero-order valence-electron chi connectivity index (χ0n) is 11.1. The fourth-order valence-corrected chi connectivity index (χ4v) is 2.59. The summed E-state index contributed by atoms with van der Waals surface area (Å²) in [5.74, 6) is -2.23. The SMILES string of the molecule is CCC(C(=O)N1CCCC1=O)C(=O)N1CCCC1=O. The van der Waals surface area contributed by atoms with E-state index >= 15 is 0 Å². The number of carbonyl (C=O) groups excluding carboxylic acids is 4. The van der Waals surface area contributed by atoms with Crippen LogP contribution in [-0.2, 0) is 19.2 Å². The van der Waals surface area contributed by atoms with Crippen LogP contribution in [0.1, 0.15) is 39.0 Å². The fourth-order valence-electron chi connectivity index (χ4n) is 2.59. The number of hydrogen-bond donors (Lipinski definition) is 0. The Bertz CT molecular complexity index is 394. The summed E-state index contributed by atoms with van der Waals surface area (Å²) in [4.78, 5) is 49.9. The zero-order valence-corrected chi connectivity index (χ0v) is 11.1. The molecule has 0 unspecified atom stereocenters. The van der Waals surface area contributed by atoms with Crippen molar-refractivity contribution >= 4 is 23.6 Å². The molecule has 6 heteroatoms. The predicted octanol–water partition coefficient (Wildman–Crippen LogP) is 0.311. The van der Waals surface area contributed by atoms with Crippen molar-refractivity contribution in [3.63, 3.8) is 0 Å². The van der Waals surface area contributed by atoms with Gasteiger partial charge in [-0.3, -0.25) is 29.0 Å². The van der Waals surface area contributed by atoms with Crippen LogP contribution in [0, 0.1) is 5.92 Å². The third-order valence-electron chi connectivity index (χ3n) is 3.68. The minimum atomic E-state index is -0.899. The van der Waals surface area contributed by atoms with Crippen LogP contribution in [0.15, 0.2) is 0 Å². The second-order valence-electron chi connectivity index (χ2n) is 4.94. The monoisotopic (exact) mass is 266 g/mol. The molecule has 2 aliphatic rings. The molecule has 0 atom stereocenters. The van der Waals surface area contributed by atoms with E-state index in [-0.39, 0.29) is 11.8 Å². The molecule has 0 aromatic carbocycles. The van der Waals surface area contributed by atoms with E-state index in [1.165, 1.54) is 0 Å². The minimum Gasteiger partial charge on any atom is -0.282 e. The second kappa shape index (κ2) is 5.50. The van der Waals surface area contributed by atoms with Crippen molar-refractivity contribution in [2.75, 3.05) is 13.1 Å². The molecule has 4 amide bonds. The van der Waals surface area contributed by atoms with Gasteiger partial charge in [-0.2, -0.15) is 0 Å². The van der Waals surface area contributed by atoms with E-state index in [1.54, 1.807) is 6.92 Å². The first-order valence-electron chi connectivity index (χ1n) is 6.74. The maximum Gasteiger partial charge on any atom is 0.241 e. The summed E-state index contributed by atoms with van der Waals surface area (Å²) >= 11 is 0. The summed E-state index contributed by atoms with van der Waals surface area (Å²) in [5.41, 5.74) is 0. The Hall–Kier alpha value is -1.72. The molecule has 0 aromatic rings. The molecule has 2 heterocycles. The van der Waals surface area contributed by atoms with Crippen molar-refractivity contribution in [1.29, 1.82) is 0 Å². The molecule has 2 fully saturated rings. The third kappa shape index (κ3) is 2.52. The van der Waals surface area contributed by atoms with Crippen molar-refractivity contribution in [2.24, 2.45) is 5.92 Å². The van der Waals surface area contributed by atoms with Crippen LogP contribution >= 0.6 is 0 Å². The Morgan fingerprint density at radius 1 is 1.00 bits per heavy atom. The van der Waals surface area contributed by atoms with Crippen molar-refractivity contribution in [1.82, 2.24) is 9.80 Å². The molecule has 19 heavy (non-hydrogen) atoms. The first kappa shape index (κ1) is 13.7. The highest BCUT2D eigenvalue weighted by Gasteiger charge is 2.39. The number of likely N-dealkylation sites (tertiary alicyclic amines) is 2. The first-order chi connectivity index (χ1) is 9.06. The summed E-state index contributed by atoms with van der Waals surface area (Å²) in [6, 6.07) is 0. The Kier molecular flexibility index (Phi) is 3.97. The van der Waals surface area contributed by atoms with Crippen molar-refractivity contribution in [2.45, 2.75) is 39.0 Å². The van der Waals surface area contributed by atoms with Gasteiger partial charge in [0.2, 0.25) is 23.6 Å². The second-order valence-corrected chi connectivity index (χ2v) is 4.94. The minimum absolute atomic E-state index is 0.219. The van der Waals surface area contributed by atoms with Crippen LogP contribution in [0.5, 0.6) is 0 Å². The molecule has 0 aromatic heterocycles. The summed E-state index contributed by atoms with van der Waals surface area (Å²) < 4.78 is 0. The Morgan fingerprint density at radius 2 is 1.42 bits per heavy atom. The van der Waals surface area contributed by atoms with E-state index in [1.807, 2.05) is 0 Å². The summed E-state index contributed by atoms with van der Waals surface area (Å²) in [7, 11) is 0. The van der Waals surface area contributed by atoms with Gasteiger partial charge in [0.15, 0.2) is 0 Å². The number of imide groups is 2. The van der Waals surface area contributed by atoms with Gasteiger partial charge in [-0.25, -0.2) is 0 Å². The average Bonchev–Trinajstić information content (AvgIpc) is 2.98. The summed E-state index contributed by atoms with van der Waals surface area (Å²) in [6.07, 6.45) is 2.33. The highest BCUT2D eigenvalue weighted by atomic mass is 16.2. The molecule has 0 N–H and O–H groups in total. The molecule has 2 rings (SSSR count). The molecule has 104 valence electrons. The molecule has 2 aliphatic heterocycles. The van der Waals surface area contributed by atoms with Crippen molar-refractivity contribution in [3.8, 4) is 0 Å². The third-order valence-corrected chi connectivity index (χ3v) is 3.68. The fraction of sp³-hybridized carbons (Fsp3) is 0.692. The van der Waals surface area contributed by atoms with Gasteiger partial charge >= 0.3 is 0 Å². The van der Waals surface area contributed by atoms with Crippen LogP contribution in [0.2, 0.25) is 0 Å². The van der Waals surface area contributed by atoms with E-state index < -0.39 is 17.7 Å². The van der Waals surface area contributed by atoms with Crippen molar-refractivity contribution in [3.05, 3.63) is 0 Å². The van der Waals surface area contributed by atoms with Crippen LogP contribution < -0.4 is 0 Å². The Balaban J connectivity index is 2.10. The van der Waals surface area contributed by atoms with Crippen LogP contribution in [0.3, 0.4) is 0 Å². The lowest BCUT2D eigenvalue weighted by Crippen LogP contribution is -2.46. The number of amides is 4. The van der Waals surface area contributed by atoms with E-state index in [0.29, 0.717) is 45.2 Å². The number of nitrogens with zero attached hydrogens (tertiary/aromatic N) is 2. The summed E-state index contributed by atoms with van der Waals surface area (Å²) in [6.45, 7) is 2.49. The van der Waals surface area contributed by atoms with Gasteiger partial charge in [-0.15, -0.1) is 0 Å². The summed E-state index contributed by atoms with van der Waals surface area (Å²) in [5, 5.41) is 0. The van der Waals surface area contributed by atoms with Gasteiger partial charge in [0.25, 0.3) is 0 Å². The molecule has 0 saturated carbocycles. The topological polar surface area (TPSA) is 74.8 Å². The van der Waals surface area contributed by atoms with E-state index in [4.69, 9.17) is 0 Å². The standard InChI is InChI=1S/C13H18N2O4/c1-2-9(12(18)14-7-3-5-10(14)16)13(19)15-8-4-6-11(15)17/h9H,2-8H2,1H3. The number of hydrogen-bond acceptors (Lipinski definition) is 4. The highest BCUT2D eigenvalue weighted by Crippen LogP contribution is 2.20. The van der Waals surface area contributed by atoms with Gasteiger partial charge in [0.1, 0.15) is 5.92 Å². The average molecular weight is 266 g/mol. The van der Waals surface area contributed by atoms with Gasteiger partial charge in [0, 0.05) is 25.9 Å². The predicted molar refractivity (Wildman–Crippen MR) is 65.7 cm³/mol. The zero-order chi connectivity index (χ0) is 14.0. The quantitative estimate of drug-likeness (QED) is 0.689.